The first-order valence-electron chi connectivity index (χ1n) is 7.87. The zero-order chi connectivity index (χ0) is 16.4. The predicted octanol–water partition coefficient (Wildman–Crippen LogP) is 0.920. The van der Waals surface area contributed by atoms with E-state index in [4.69, 9.17) is 0 Å². The number of pyridine rings is 1. The summed E-state index contributed by atoms with van der Waals surface area (Å²) in [6, 6.07) is 5.06. The van der Waals surface area contributed by atoms with Crippen molar-refractivity contribution in [1.82, 2.24) is 24.2 Å². The summed E-state index contributed by atoms with van der Waals surface area (Å²) in [5.41, 5.74) is -0.155. The summed E-state index contributed by atoms with van der Waals surface area (Å²) in [6.45, 7) is 5.23. The zero-order valence-electron chi connectivity index (χ0n) is 13.5. The van der Waals surface area contributed by atoms with E-state index < -0.39 is 0 Å². The second kappa shape index (κ2) is 6.36. The lowest BCUT2D eigenvalue weighted by Gasteiger charge is -2.33. The van der Waals surface area contributed by atoms with Crippen LogP contribution < -0.4 is 5.56 Å². The minimum Gasteiger partial charge on any atom is -0.339 e. The Morgan fingerprint density at radius 3 is 2.87 bits per heavy atom. The Kier molecular flexibility index (Phi) is 4.27. The normalized spacial score (nSPS) is 18.2. The molecule has 2 aromatic heterocycles. The quantitative estimate of drug-likeness (QED) is 0.844. The first-order valence-corrected chi connectivity index (χ1v) is 7.87. The third-order valence-electron chi connectivity index (χ3n) is 4.21. The summed E-state index contributed by atoms with van der Waals surface area (Å²) < 4.78 is 3.36. The number of likely N-dealkylation sites (tertiary alicyclic amines) is 1. The van der Waals surface area contributed by atoms with Gasteiger partial charge in [0.2, 0.25) is 5.91 Å². The number of aromatic nitrogens is 4. The molecule has 1 fully saturated rings. The Balaban J connectivity index is 1.71. The molecule has 0 bridgehead atoms. The Hall–Kier alpha value is -2.44. The van der Waals surface area contributed by atoms with Crippen molar-refractivity contribution in [3.8, 4) is 0 Å². The number of piperidine rings is 1. The molecule has 2 aromatic rings. The van der Waals surface area contributed by atoms with Gasteiger partial charge in [0.05, 0.1) is 6.04 Å². The number of amides is 1. The van der Waals surface area contributed by atoms with Crippen LogP contribution in [0.1, 0.15) is 30.5 Å². The fourth-order valence-electron chi connectivity index (χ4n) is 3.10. The van der Waals surface area contributed by atoms with E-state index in [-0.39, 0.29) is 24.1 Å². The van der Waals surface area contributed by atoms with Gasteiger partial charge in [-0.3, -0.25) is 9.59 Å². The van der Waals surface area contributed by atoms with Crippen LogP contribution in [0.5, 0.6) is 0 Å². The topological polar surface area (TPSA) is 73.0 Å². The van der Waals surface area contributed by atoms with Crippen LogP contribution in [0, 0.1) is 13.8 Å². The number of hydrogen-bond acceptors (Lipinski definition) is 4. The molecular weight excluding hydrogens is 294 g/mol. The molecule has 1 amide bonds. The molecule has 0 aliphatic carbocycles. The summed E-state index contributed by atoms with van der Waals surface area (Å²) in [7, 11) is 0. The number of nitrogens with zero attached hydrogens (tertiary/aromatic N) is 5. The molecule has 1 atom stereocenters. The number of rotatable bonds is 3. The van der Waals surface area contributed by atoms with Gasteiger partial charge >= 0.3 is 0 Å². The maximum atomic E-state index is 12.5. The van der Waals surface area contributed by atoms with E-state index in [0.29, 0.717) is 6.54 Å². The predicted molar refractivity (Wildman–Crippen MR) is 85.0 cm³/mol. The third kappa shape index (κ3) is 3.33. The van der Waals surface area contributed by atoms with Gasteiger partial charge in [-0.2, -0.15) is 5.10 Å². The van der Waals surface area contributed by atoms with Crippen LogP contribution in [0.4, 0.5) is 0 Å². The van der Waals surface area contributed by atoms with Gasteiger partial charge in [0.15, 0.2) is 0 Å². The van der Waals surface area contributed by atoms with Crippen LogP contribution in [0.15, 0.2) is 29.2 Å². The lowest BCUT2D eigenvalue weighted by molar-refractivity contribution is -0.133. The van der Waals surface area contributed by atoms with E-state index in [0.717, 1.165) is 31.0 Å². The summed E-state index contributed by atoms with van der Waals surface area (Å²) in [4.78, 5) is 30.4. The first kappa shape index (κ1) is 15.5. The van der Waals surface area contributed by atoms with E-state index in [2.05, 4.69) is 10.1 Å². The summed E-state index contributed by atoms with van der Waals surface area (Å²) in [5.74, 6) is 1.60. The van der Waals surface area contributed by atoms with E-state index in [9.17, 15) is 9.59 Å². The third-order valence-corrected chi connectivity index (χ3v) is 4.21. The van der Waals surface area contributed by atoms with Crippen molar-refractivity contribution in [3.05, 3.63) is 46.4 Å². The number of hydrogen-bond donors (Lipinski definition) is 0. The van der Waals surface area contributed by atoms with Crippen LogP contribution in [-0.4, -0.2) is 43.2 Å². The fourth-order valence-corrected chi connectivity index (χ4v) is 3.10. The van der Waals surface area contributed by atoms with Gasteiger partial charge in [-0.15, -0.1) is 0 Å². The van der Waals surface area contributed by atoms with Gasteiger partial charge < -0.3 is 9.47 Å². The van der Waals surface area contributed by atoms with Gasteiger partial charge in [-0.25, -0.2) is 9.67 Å². The highest BCUT2D eigenvalue weighted by atomic mass is 16.2. The number of carbonyl (C=O) groups excluding carboxylic acids is 1. The van der Waals surface area contributed by atoms with Crippen molar-refractivity contribution >= 4 is 5.91 Å². The van der Waals surface area contributed by atoms with E-state index in [1.165, 1.54) is 10.6 Å². The Labute approximate surface area is 134 Å². The summed E-state index contributed by atoms with van der Waals surface area (Å²) in [5, 5.41) is 4.44. The minimum absolute atomic E-state index is 0.0301. The van der Waals surface area contributed by atoms with Crippen molar-refractivity contribution in [2.24, 2.45) is 0 Å². The summed E-state index contributed by atoms with van der Waals surface area (Å²) >= 11 is 0. The smallest absolute Gasteiger partial charge is 0.250 e. The second-order valence-electron chi connectivity index (χ2n) is 5.95. The van der Waals surface area contributed by atoms with Crippen molar-refractivity contribution in [3.63, 3.8) is 0 Å². The van der Waals surface area contributed by atoms with Crippen LogP contribution in [-0.2, 0) is 11.3 Å². The molecule has 0 radical (unpaired) electrons. The molecule has 7 nitrogen and oxygen atoms in total. The molecule has 7 heteroatoms. The first-order chi connectivity index (χ1) is 11.0. The maximum absolute atomic E-state index is 12.5. The molecule has 23 heavy (non-hydrogen) atoms. The van der Waals surface area contributed by atoms with E-state index in [1.807, 2.05) is 23.4 Å². The maximum Gasteiger partial charge on any atom is 0.250 e. The molecule has 1 aliphatic rings. The van der Waals surface area contributed by atoms with Gasteiger partial charge in [0.1, 0.15) is 18.2 Å². The molecule has 0 N–H and O–H groups in total. The highest BCUT2D eigenvalue weighted by molar-refractivity contribution is 5.76. The average Bonchev–Trinajstić information content (AvgIpc) is 2.88. The van der Waals surface area contributed by atoms with Crippen LogP contribution in [0.2, 0.25) is 0 Å². The second-order valence-corrected chi connectivity index (χ2v) is 5.95. The Bertz CT molecular complexity index is 764. The number of aryl methyl sites for hydroxylation is 2. The largest absolute Gasteiger partial charge is 0.339 e. The Morgan fingerprint density at radius 1 is 1.35 bits per heavy atom. The molecule has 0 spiro atoms. The molecule has 3 heterocycles. The number of carbonyl (C=O) groups is 1. The van der Waals surface area contributed by atoms with Gasteiger partial charge in [-0.05, 0) is 32.8 Å². The standard InChI is InChI=1S/C16H21N5O2/c1-12-17-13(2)21(18-12)14-6-5-9-19(10-14)16(23)11-20-8-4-3-7-15(20)22/h3-4,7-8,14H,5-6,9-11H2,1-2H3/t14-/m0/s1. The van der Waals surface area contributed by atoms with Gasteiger partial charge in [0, 0.05) is 25.4 Å². The van der Waals surface area contributed by atoms with Crippen molar-refractivity contribution in [1.29, 1.82) is 0 Å². The van der Waals surface area contributed by atoms with Crippen LogP contribution in [0.25, 0.3) is 0 Å². The molecule has 1 aliphatic heterocycles. The van der Waals surface area contributed by atoms with Crippen molar-refractivity contribution in [2.45, 2.75) is 39.3 Å². The highest BCUT2D eigenvalue weighted by Gasteiger charge is 2.26. The Morgan fingerprint density at radius 2 is 2.17 bits per heavy atom. The molecule has 0 unspecified atom stereocenters. The molecule has 3 rings (SSSR count). The van der Waals surface area contributed by atoms with Gasteiger partial charge in [0.25, 0.3) is 5.56 Å². The van der Waals surface area contributed by atoms with E-state index in [1.54, 1.807) is 18.3 Å². The van der Waals surface area contributed by atoms with Crippen molar-refractivity contribution < 1.29 is 4.79 Å². The minimum atomic E-state index is -0.155. The van der Waals surface area contributed by atoms with Crippen LogP contribution in [0.3, 0.4) is 0 Å². The molecule has 0 saturated carbocycles. The molecule has 1 saturated heterocycles. The lowest BCUT2D eigenvalue weighted by Crippen LogP contribution is -2.43. The zero-order valence-corrected chi connectivity index (χ0v) is 13.5. The van der Waals surface area contributed by atoms with Gasteiger partial charge in [-0.1, -0.05) is 6.07 Å². The van der Waals surface area contributed by atoms with E-state index >= 15 is 0 Å². The SMILES string of the molecule is Cc1nc(C)n([C@H]2CCCN(C(=O)Cn3ccccc3=O)C2)n1. The molecule has 122 valence electrons. The monoisotopic (exact) mass is 315 g/mol. The molecular formula is C16H21N5O2. The lowest BCUT2D eigenvalue weighted by atomic mass is 10.1. The fraction of sp³-hybridized carbons (Fsp3) is 0.500. The summed E-state index contributed by atoms with van der Waals surface area (Å²) in [6.07, 6.45) is 3.56. The average molecular weight is 315 g/mol. The van der Waals surface area contributed by atoms with Crippen LogP contribution >= 0.6 is 0 Å². The highest BCUT2D eigenvalue weighted by Crippen LogP contribution is 2.22. The van der Waals surface area contributed by atoms with Crippen molar-refractivity contribution in [2.75, 3.05) is 13.1 Å². The molecule has 0 aromatic carbocycles.